The number of aromatic amines is 1. The van der Waals surface area contributed by atoms with Crippen LogP contribution in [0.15, 0.2) is 12.1 Å². The number of nitrogens with zero attached hydrogens (tertiary/aromatic N) is 1. The predicted molar refractivity (Wildman–Crippen MR) is 73.1 cm³/mol. The highest BCUT2D eigenvalue weighted by Crippen LogP contribution is 2.46. The monoisotopic (exact) mass is 308 g/mol. The van der Waals surface area contributed by atoms with Crippen LogP contribution in [-0.4, -0.2) is 41.6 Å². The number of aromatic nitrogens is 2. The minimum absolute atomic E-state index is 0.0762. The predicted octanol–water partition coefficient (Wildman–Crippen LogP) is 2.08. The molecule has 0 bridgehead atoms. The lowest BCUT2D eigenvalue weighted by atomic mass is 10.1. The largest absolute Gasteiger partial charge is 0.493 e. The highest BCUT2D eigenvalue weighted by molar-refractivity contribution is 5.88. The fraction of sp³-hybridized carbons (Fsp3) is 0.286. The highest BCUT2D eigenvalue weighted by atomic mass is 19.1. The van der Waals surface area contributed by atoms with Gasteiger partial charge in [-0.3, -0.25) is 5.10 Å². The first-order chi connectivity index (χ1) is 10.6. The van der Waals surface area contributed by atoms with Gasteiger partial charge in [-0.1, -0.05) is 0 Å². The number of nitrogens with one attached hydrogen (secondary N) is 1. The number of fused-ring (bicyclic) bond motifs is 1. The molecule has 0 unspecified atom stereocenters. The van der Waals surface area contributed by atoms with Crippen molar-refractivity contribution < 1.29 is 28.5 Å². The van der Waals surface area contributed by atoms with Gasteiger partial charge in [-0.05, 0) is 6.07 Å². The van der Waals surface area contributed by atoms with Crippen molar-refractivity contribution in [1.82, 2.24) is 10.2 Å². The van der Waals surface area contributed by atoms with E-state index in [0.29, 0.717) is 25.4 Å². The second-order valence-corrected chi connectivity index (χ2v) is 4.62. The normalized spacial score (nSPS) is 13.5. The number of aromatic carboxylic acids is 1. The topological polar surface area (TPSA) is 93.7 Å². The summed E-state index contributed by atoms with van der Waals surface area (Å²) in [5, 5.41) is 15.3. The standard InChI is InChI=1S/C14H13FN2O5/c1-20-12-7(15)5-10-13(22-4-2-3-21-10)11(12)8-6-9(14(18)19)17-16-8/h5-6H,2-4H2,1H3,(H,16,17)(H,18,19). The first-order valence-electron chi connectivity index (χ1n) is 6.57. The molecule has 0 atom stereocenters. The van der Waals surface area contributed by atoms with Gasteiger partial charge >= 0.3 is 5.97 Å². The van der Waals surface area contributed by atoms with Gasteiger partial charge in [0.2, 0.25) is 0 Å². The van der Waals surface area contributed by atoms with Crippen molar-refractivity contribution in [2.45, 2.75) is 6.42 Å². The third-order valence-electron chi connectivity index (χ3n) is 3.21. The van der Waals surface area contributed by atoms with Gasteiger partial charge in [0.15, 0.2) is 23.1 Å². The zero-order valence-corrected chi connectivity index (χ0v) is 11.7. The van der Waals surface area contributed by atoms with Crippen LogP contribution in [0.3, 0.4) is 0 Å². The molecule has 0 radical (unpaired) electrons. The molecule has 3 rings (SSSR count). The number of carboxylic acids is 1. The van der Waals surface area contributed by atoms with E-state index in [0.717, 1.165) is 0 Å². The molecule has 0 spiro atoms. The van der Waals surface area contributed by atoms with E-state index in [1.807, 2.05) is 0 Å². The Bertz CT molecular complexity index is 728. The van der Waals surface area contributed by atoms with Gasteiger partial charge < -0.3 is 19.3 Å². The summed E-state index contributed by atoms with van der Waals surface area (Å²) in [5.41, 5.74) is 0.309. The lowest BCUT2D eigenvalue weighted by molar-refractivity contribution is 0.0690. The molecular weight excluding hydrogens is 295 g/mol. The molecule has 0 fully saturated rings. The average molecular weight is 308 g/mol. The molecule has 8 heteroatoms. The number of hydrogen-bond donors (Lipinski definition) is 2. The van der Waals surface area contributed by atoms with E-state index in [-0.39, 0.29) is 28.5 Å². The van der Waals surface area contributed by atoms with Gasteiger partial charge in [0, 0.05) is 12.5 Å². The Labute approximate surface area is 124 Å². The van der Waals surface area contributed by atoms with Crippen molar-refractivity contribution in [3.05, 3.63) is 23.6 Å². The van der Waals surface area contributed by atoms with Crippen LogP contribution in [0.1, 0.15) is 16.9 Å². The van der Waals surface area contributed by atoms with Gasteiger partial charge in [0.1, 0.15) is 11.4 Å². The molecule has 0 saturated carbocycles. The zero-order valence-electron chi connectivity index (χ0n) is 11.7. The first-order valence-corrected chi connectivity index (χ1v) is 6.57. The summed E-state index contributed by atoms with van der Waals surface area (Å²) < 4.78 is 30.4. The number of ether oxygens (including phenoxy) is 3. The number of hydrogen-bond acceptors (Lipinski definition) is 5. The number of carbonyl (C=O) groups is 1. The molecule has 1 aliphatic rings. The van der Waals surface area contributed by atoms with Crippen molar-refractivity contribution in [3.8, 4) is 28.5 Å². The van der Waals surface area contributed by atoms with E-state index in [1.165, 1.54) is 19.2 Å². The molecular formula is C14H13FN2O5. The van der Waals surface area contributed by atoms with Crippen LogP contribution in [-0.2, 0) is 0 Å². The number of halogens is 1. The van der Waals surface area contributed by atoms with Crippen molar-refractivity contribution in [3.63, 3.8) is 0 Å². The van der Waals surface area contributed by atoms with Crippen molar-refractivity contribution in [2.75, 3.05) is 20.3 Å². The van der Waals surface area contributed by atoms with Gasteiger partial charge in [-0.2, -0.15) is 5.10 Å². The minimum Gasteiger partial charge on any atom is -0.493 e. The Morgan fingerprint density at radius 3 is 2.86 bits per heavy atom. The van der Waals surface area contributed by atoms with Crippen LogP contribution in [0, 0.1) is 5.82 Å². The third kappa shape index (κ3) is 2.32. The van der Waals surface area contributed by atoms with Gasteiger partial charge in [0.25, 0.3) is 0 Å². The first kappa shape index (κ1) is 14.2. The van der Waals surface area contributed by atoms with Crippen LogP contribution < -0.4 is 14.2 Å². The molecule has 116 valence electrons. The van der Waals surface area contributed by atoms with E-state index in [9.17, 15) is 9.18 Å². The third-order valence-corrected chi connectivity index (χ3v) is 3.21. The van der Waals surface area contributed by atoms with Crippen LogP contribution in [0.25, 0.3) is 11.3 Å². The summed E-state index contributed by atoms with van der Waals surface area (Å²) >= 11 is 0. The van der Waals surface area contributed by atoms with E-state index < -0.39 is 11.8 Å². The second kappa shape index (κ2) is 5.55. The molecule has 7 nitrogen and oxygen atoms in total. The minimum atomic E-state index is -1.17. The fourth-order valence-electron chi connectivity index (χ4n) is 2.25. The molecule has 1 aliphatic heterocycles. The highest BCUT2D eigenvalue weighted by Gasteiger charge is 2.26. The maximum absolute atomic E-state index is 14.2. The molecule has 2 heterocycles. The van der Waals surface area contributed by atoms with Crippen molar-refractivity contribution >= 4 is 5.97 Å². The molecule has 0 aliphatic carbocycles. The average Bonchev–Trinajstić information content (AvgIpc) is 2.86. The summed E-state index contributed by atoms with van der Waals surface area (Å²) in [6.07, 6.45) is 0.652. The molecule has 1 aromatic carbocycles. The number of benzene rings is 1. The van der Waals surface area contributed by atoms with Crippen LogP contribution in [0.2, 0.25) is 0 Å². The quantitative estimate of drug-likeness (QED) is 0.901. The maximum Gasteiger partial charge on any atom is 0.353 e. The molecule has 1 aromatic heterocycles. The smallest absolute Gasteiger partial charge is 0.353 e. The summed E-state index contributed by atoms with van der Waals surface area (Å²) in [6.45, 7) is 0.796. The van der Waals surface area contributed by atoms with Gasteiger partial charge in [-0.25, -0.2) is 9.18 Å². The van der Waals surface area contributed by atoms with Crippen LogP contribution in [0.5, 0.6) is 17.2 Å². The lowest BCUT2D eigenvalue weighted by Crippen LogP contribution is -2.00. The van der Waals surface area contributed by atoms with E-state index in [4.69, 9.17) is 19.3 Å². The SMILES string of the molecule is COc1c(F)cc2c(c1-c1cc(C(=O)O)[nH]n1)OCCCO2. The second-order valence-electron chi connectivity index (χ2n) is 4.62. The number of H-pyrrole nitrogens is 1. The Morgan fingerprint density at radius 2 is 2.18 bits per heavy atom. The van der Waals surface area contributed by atoms with Crippen LogP contribution >= 0.6 is 0 Å². The molecule has 2 aromatic rings. The Balaban J connectivity index is 2.22. The summed E-state index contributed by atoms with van der Waals surface area (Å²) in [6, 6.07) is 2.47. The van der Waals surface area contributed by atoms with Crippen molar-refractivity contribution in [2.24, 2.45) is 0 Å². The van der Waals surface area contributed by atoms with E-state index in [2.05, 4.69) is 10.2 Å². The maximum atomic E-state index is 14.2. The fourth-order valence-corrected chi connectivity index (χ4v) is 2.25. The molecule has 2 N–H and O–H groups in total. The molecule has 22 heavy (non-hydrogen) atoms. The number of rotatable bonds is 3. The Hall–Kier alpha value is -2.77. The van der Waals surface area contributed by atoms with Gasteiger partial charge in [0.05, 0.1) is 25.9 Å². The summed E-state index contributed by atoms with van der Waals surface area (Å²) in [7, 11) is 1.32. The van der Waals surface area contributed by atoms with Crippen molar-refractivity contribution in [1.29, 1.82) is 0 Å². The van der Waals surface area contributed by atoms with Crippen LogP contribution in [0.4, 0.5) is 4.39 Å². The van der Waals surface area contributed by atoms with E-state index >= 15 is 0 Å². The summed E-state index contributed by atoms with van der Waals surface area (Å²) in [5.74, 6) is -1.35. The lowest BCUT2D eigenvalue weighted by Gasteiger charge is -2.15. The van der Waals surface area contributed by atoms with E-state index in [1.54, 1.807) is 0 Å². The zero-order chi connectivity index (χ0) is 15.7. The van der Waals surface area contributed by atoms with Gasteiger partial charge in [-0.15, -0.1) is 0 Å². The molecule has 0 amide bonds. The Kier molecular flexibility index (Phi) is 3.58. The number of methoxy groups -OCH3 is 1. The number of carboxylic acid groups (broad SMARTS) is 1. The summed E-state index contributed by atoms with van der Waals surface area (Å²) in [4.78, 5) is 11.0. The Morgan fingerprint density at radius 1 is 1.41 bits per heavy atom. The molecule has 0 saturated heterocycles.